The van der Waals surface area contributed by atoms with Crippen LogP contribution in [-0.4, -0.2) is 41.7 Å². The van der Waals surface area contributed by atoms with Crippen molar-refractivity contribution in [2.75, 3.05) is 20.2 Å². The number of rotatable bonds is 4. The van der Waals surface area contributed by atoms with Gasteiger partial charge in [-0.25, -0.2) is 0 Å². The first kappa shape index (κ1) is 14.2. The summed E-state index contributed by atoms with van der Waals surface area (Å²) < 4.78 is 6.14. The Kier molecular flexibility index (Phi) is 4.98. The van der Waals surface area contributed by atoms with Crippen molar-refractivity contribution in [1.82, 2.24) is 4.90 Å². The first-order valence-corrected chi connectivity index (χ1v) is 7.65. The maximum atomic E-state index is 6.14. The van der Waals surface area contributed by atoms with Gasteiger partial charge in [0.15, 0.2) is 0 Å². The lowest BCUT2D eigenvalue weighted by Crippen LogP contribution is -2.49. The van der Waals surface area contributed by atoms with E-state index in [-0.39, 0.29) is 5.60 Å². The van der Waals surface area contributed by atoms with Gasteiger partial charge in [-0.15, -0.1) is 0 Å². The zero-order chi connectivity index (χ0) is 13.0. The molecule has 104 valence electrons. The van der Waals surface area contributed by atoms with Gasteiger partial charge in [-0.05, 0) is 32.7 Å². The van der Waals surface area contributed by atoms with E-state index in [1.165, 1.54) is 38.5 Å². The van der Waals surface area contributed by atoms with Crippen LogP contribution >= 0.6 is 12.2 Å². The molecule has 3 nitrogen and oxygen atoms in total. The van der Waals surface area contributed by atoms with Gasteiger partial charge in [0.1, 0.15) is 0 Å². The van der Waals surface area contributed by atoms with Gasteiger partial charge in [-0.1, -0.05) is 31.5 Å². The number of hydrogen-bond donors (Lipinski definition) is 1. The number of nitrogens with two attached hydrogens (primary N) is 1. The van der Waals surface area contributed by atoms with Crippen molar-refractivity contribution >= 4 is 17.2 Å². The first-order chi connectivity index (χ1) is 8.61. The summed E-state index contributed by atoms with van der Waals surface area (Å²) in [4.78, 5) is 3.05. The second-order valence-corrected chi connectivity index (χ2v) is 6.46. The second kappa shape index (κ2) is 6.31. The second-order valence-electron chi connectivity index (χ2n) is 5.94. The average Bonchev–Trinajstić information content (AvgIpc) is 2.37. The third kappa shape index (κ3) is 3.65. The molecule has 1 atom stereocenters. The Morgan fingerprint density at radius 1 is 1.39 bits per heavy atom. The number of ether oxygens (including phenoxy) is 1. The van der Waals surface area contributed by atoms with Gasteiger partial charge >= 0.3 is 0 Å². The fourth-order valence-electron chi connectivity index (χ4n) is 3.39. The van der Waals surface area contributed by atoms with Crippen LogP contribution in [0.5, 0.6) is 0 Å². The van der Waals surface area contributed by atoms with Crippen molar-refractivity contribution in [3.05, 3.63) is 0 Å². The van der Waals surface area contributed by atoms with Gasteiger partial charge in [0.25, 0.3) is 0 Å². The normalized spacial score (nSPS) is 27.6. The van der Waals surface area contributed by atoms with E-state index in [1.54, 1.807) is 0 Å². The molecule has 0 aromatic heterocycles. The van der Waals surface area contributed by atoms with Gasteiger partial charge in [0.05, 0.1) is 10.6 Å². The van der Waals surface area contributed by atoms with Gasteiger partial charge in [-0.2, -0.15) is 0 Å². The molecule has 1 saturated carbocycles. The molecule has 2 fully saturated rings. The molecule has 1 saturated heterocycles. The van der Waals surface area contributed by atoms with Crippen LogP contribution in [-0.2, 0) is 4.74 Å². The fraction of sp³-hybridized carbons (Fsp3) is 0.929. The molecule has 0 aromatic rings. The SMILES string of the molecule is CN(CCC(N)=S)C1CCOC2(CCCCC2)C1. The van der Waals surface area contributed by atoms with E-state index in [4.69, 9.17) is 22.7 Å². The van der Waals surface area contributed by atoms with Gasteiger partial charge in [0, 0.05) is 25.6 Å². The molecule has 1 unspecified atom stereocenters. The summed E-state index contributed by atoms with van der Waals surface area (Å²) in [7, 11) is 2.20. The van der Waals surface area contributed by atoms with Crippen LogP contribution in [0, 0.1) is 0 Å². The van der Waals surface area contributed by atoms with Crippen molar-refractivity contribution in [2.45, 2.75) is 63.0 Å². The van der Waals surface area contributed by atoms with Crippen LogP contribution in [0.2, 0.25) is 0 Å². The third-order valence-corrected chi connectivity index (χ3v) is 4.77. The molecule has 1 aliphatic carbocycles. The van der Waals surface area contributed by atoms with E-state index >= 15 is 0 Å². The minimum Gasteiger partial charge on any atom is -0.393 e. The Balaban J connectivity index is 1.87. The lowest BCUT2D eigenvalue weighted by molar-refractivity contribution is -0.121. The van der Waals surface area contributed by atoms with Crippen molar-refractivity contribution < 1.29 is 4.74 Å². The molecule has 18 heavy (non-hydrogen) atoms. The smallest absolute Gasteiger partial charge is 0.0740 e. The Labute approximate surface area is 116 Å². The van der Waals surface area contributed by atoms with E-state index in [9.17, 15) is 0 Å². The van der Waals surface area contributed by atoms with Crippen molar-refractivity contribution in [3.63, 3.8) is 0 Å². The topological polar surface area (TPSA) is 38.5 Å². The van der Waals surface area contributed by atoms with Gasteiger partial charge < -0.3 is 15.4 Å². The summed E-state index contributed by atoms with van der Waals surface area (Å²) in [5, 5.41) is 0. The fourth-order valence-corrected chi connectivity index (χ4v) is 3.48. The van der Waals surface area contributed by atoms with E-state index in [2.05, 4.69) is 11.9 Å². The molecule has 1 aliphatic heterocycles. The minimum absolute atomic E-state index is 0.193. The summed E-state index contributed by atoms with van der Waals surface area (Å²) >= 11 is 4.96. The molecule has 0 amide bonds. The summed E-state index contributed by atoms with van der Waals surface area (Å²) in [6.45, 7) is 1.90. The Morgan fingerprint density at radius 2 is 2.11 bits per heavy atom. The van der Waals surface area contributed by atoms with Gasteiger partial charge in [-0.3, -0.25) is 0 Å². The van der Waals surface area contributed by atoms with E-state index in [0.717, 1.165) is 26.0 Å². The van der Waals surface area contributed by atoms with Crippen molar-refractivity contribution in [3.8, 4) is 0 Å². The molecule has 2 rings (SSSR count). The summed E-state index contributed by atoms with van der Waals surface area (Å²) in [5.41, 5.74) is 5.78. The van der Waals surface area contributed by atoms with E-state index in [0.29, 0.717) is 11.0 Å². The van der Waals surface area contributed by atoms with Crippen LogP contribution in [0.1, 0.15) is 51.4 Å². The highest BCUT2D eigenvalue weighted by atomic mass is 32.1. The first-order valence-electron chi connectivity index (χ1n) is 7.24. The Morgan fingerprint density at radius 3 is 2.78 bits per heavy atom. The zero-order valence-corrected chi connectivity index (χ0v) is 12.3. The number of hydrogen-bond acceptors (Lipinski definition) is 3. The van der Waals surface area contributed by atoms with Crippen molar-refractivity contribution in [2.24, 2.45) is 5.73 Å². The number of thiocarbonyl (C=S) groups is 1. The monoisotopic (exact) mass is 270 g/mol. The summed E-state index contributed by atoms with van der Waals surface area (Å²) in [6, 6.07) is 0.645. The predicted octanol–water partition coefficient (Wildman–Crippen LogP) is 2.48. The molecule has 0 radical (unpaired) electrons. The van der Waals surface area contributed by atoms with Gasteiger partial charge in [0.2, 0.25) is 0 Å². The lowest BCUT2D eigenvalue weighted by atomic mass is 9.78. The Hall–Kier alpha value is -0.190. The molecule has 1 heterocycles. The highest BCUT2D eigenvalue weighted by Gasteiger charge is 2.39. The van der Waals surface area contributed by atoms with E-state index < -0.39 is 0 Å². The van der Waals surface area contributed by atoms with Crippen LogP contribution in [0.25, 0.3) is 0 Å². The molecule has 0 aromatic carbocycles. The molecule has 4 heteroatoms. The molecular weight excluding hydrogens is 244 g/mol. The highest BCUT2D eigenvalue weighted by Crippen LogP contribution is 2.39. The summed E-state index contributed by atoms with van der Waals surface area (Å²) in [5.74, 6) is 0. The minimum atomic E-state index is 0.193. The molecular formula is C14H26N2OS. The third-order valence-electron chi connectivity index (χ3n) is 4.57. The molecule has 1 spiro atoms. The quantitative estimate of drug-likeness (QED) is 0.797. The molecule has 2 N–H and O–H groups in total. The standard InChI is InChI=1S/C14H26N2OS/c1-16(9-5-13(15)18)12-6-10-17-14(11-12)7-3-2-4-8-14/h12H,2-11H2,1H3,(H2,15,18). The highest BCUT2D eigenvalue weighted by molar-refractivity contribution is 7.80. The predicted molar refractivity (Wildman–Crippen MR) is 78.8 cm³/mol. The number of nitrogens with zero attached hydrogens (tertiary/aromatic N) is 1. The largest absolute Gasteiger partial charge is 0.393 e. The summed E-state index contributed by atoms with van der Waals surface area (Å²) in [6.07, 6.45) is 9.74. The Bertz CT molecular complexity index is 284. The lowest BCUT2D eigenvalue weighted by Gasteiger charge is -2.46. The van der Waals surface area contributed by atoms with Crippen LogP contribution in [0.4, 0.5) is 0 Å². The zero-order valence-electron chi connectivity index (χ0n) is 11.5. The average molecular weight is 270 g/mol. The maximum Gasteiger partial charge on any atom is 0.0740 e. The van der Waals surface area contributed by atoms with E-state index in [1.807, 2.05) is 0 Å². The van der Waals surface area contributed by atoms with Crippen LogP contribution in [0.3, 0.4) is 0 Å². The van der Waals surface area contributed by atoms with Crippen LogP contribution < -0.4 is 5.73 Å². The van der Waals surface area contributed by atoms with Crippen molar-refractivity contribution in [1.29, 1.82) is 0 Å². The molecule has 2 aliphatic rings. The van der Waals surface area contributed by atoms with Crippen LogP contribution in [0.15, 0.2) is 0 Å². The molecule has 0 bridgehead atoms. The maximum absolute atomic E-state index is 6.14.